The fourth-order valence-electron chi connectivity index (χ4n) is 3.31. The van der Waals surface area contributed by atoms with E-state index in [-0.39, 0.29) is 17.6 Å². The third-order valence-electron chi connectivity index (χ3n) is 5.23. The zero-order valence-corrected chi connectivity index (χ0v) is 16.2. The Balaban J connectivity index is 2.46. The van der Waals surface area contributed by atoms with Crippen molar-refractivity contribution < 1.29 is 34.7 Å². The van der Waals surface area contributed by atoms with Crippen LogP contribution in [0.15, 0.2) is 35.5 Å². The molecule has 1 aliphatic carbocycles. The van der Waals surface area contributed by atoms with Crippen LogP contribution in [0, 0.1) is 5.92 Å². The largest absolute Gasteiger partial charge is 0.417 e. The molecular weight excluding hydrogens is 352 g/mol. The molecule has 0 bridgehead atoms. The van der Waals surface area contributed by atoms with Crippen LogP contribution < -0.4 is 0 Å². The summed E-state index contributed by atoms with van der Waals surface area (Å²) in [5.41, 5.74) is -2.08. The number of fused-ring (bicyclic) bond motifs is 1. The number of ketones is 1. The first kappa shape index (κ1) is 21.5. The summed E-state index contributed by atoms with van der Waals surface area (Å²) in [4.78, 5) is 29.4. The van der Waals surface area contributed by atoms with Crippen molar-refractivity contribution in [3.63, 3.8) is 0 Å². The summed E-state index contributed by atoms with van der Waals surface area (Å²) >= 11 is 0. The van der Waals surface area contributed by atoms with Gasteiger partial charge in [0.2, 0.25) is 5.78 Å². The molecule has 0 saturated carbocycles. The molecule has 0 spiro atoms. The molecule has 0 amide bonds. The van der Waals surface area contributed by atoms with Crippen molar-refractivity contribution in [3.8, 4) is 0 Å². The van der Waals surface area contributed by atoms with Gasteiger partial charge in [0.25, 0.3) is 5.79 Å². The maximum Gasteiger partial charge on any atom is 0.337 e. The molecule has 0 aromatic rings. The summed E-state index contributed by atoms with van der Waals surface area (Å²) in [6, 6.07) is 0. The highest BCUT2D eigenvalue weighted by molar-refractivity contribution is 6.02. The predicted molar refractivity (Wildman–Crippen MR) is 97.4 cm³/mol. The van der Waals surface area contributed by atoms with Crippen LogP contribution in [0.4, 0.5) is 0 Å². The Bertz CT molecular complexity index is 703. The van der Waals surface area contributed by atoms with Gasteiger partial charge >= 0.3 is 5.97 Å². The Morgan fingerprint density at radius 3 is 2.52 bits per heavy atom. The molecule has 0 aromatic carbocycles. The van der Waals surface area contributed by atoms with Gasteiger partial charge in [-0.05, 0) is 46.5 Å². The number of aliphatic hydroxyl groups is 2. The summed E-state index contributed by atoms with van der Waals surface area (Å²) in [5.74, 6) is -4.33. The van der Waals surface area contributed by atoms with Crippen molar-refractivity contribution in [2.45, 2.75) is 70.4 Å². The molecule has 7 nitrogen and oxygen atoms in total. The van der Waals surface area contributed by atoms with Gasteiger partial charge in [0.05, 0.1) is 5.60 Å². The molecule has 27 heavy (non-hydrogen) atoms. The van der Waals surface area contributed by atoms with E-state index in [1.54, 1.807) is 32.9 Å². The van der Waals surface area contributed by atoms with Gasteiger partial charge in [-0.25, -0.2) is 9.68 Å². The van der Waals surface area contributed by atoms with Gasteiger partial charge in [0, 0.05) is 17.1 Å². The Hall–Kier alpha value is -1.80. The number of carbonyl (C=O) groups is 2. The van der Waals surface area contributed by atoms with E-state index in [1.165, 1.54) is 19.1 Å². The van der Waals surface area contributed by atoms with E-state index in [2.05, 4.69) is 4.89 Å². The van der Waals surface area contributed by atoms with E-state index in [4.69, 9.17) is 4.74 Å². The van der Waals surface area contributed by atoms with E-state index in [9.17, 15) is 25.1 Å². The van der Waals surface area contributed by atoms with Crippen LogP contribution in [-0.4, -0.2) is 44.2 Å². The van der Waals surface area contributed by atoms with Gasteiger partial charge in [-0.15, -0.1) is 0 Å². The molecule has 4 atom stereocenters. The topological polar surface area (TPSA) is 113 Å². The summed E-state index contributed by atoms with van der Waals surface area (Å²) in [5, 5.41) is 30.6. The molecule has 0 aromatic heterocycles. The normalized spacial score (nSPS) is 40.9. The SMILES string of the molecule is CC1=C2/C=C/[C@@](C)(O)C/C=C/[C@](C)(OO)CCC[C@H](C)C(=O)[C@@]2(O)OC1=O. The number of carbonyl (C=O) groups excluding carboxylic acids is 2. The highest BCUT2D eigenvalue weighted by atomic mass is 17.1. The monoisotopic (exact) mass is 380 g/mol. The van der Waals surface area contributed by atoms with E-state index < -0.39 is 34.7 Å². The van der Waals surface area contributed by atoms with E-state index in [1.807, 2.05) is 0 Å². The molecule has 0 radical (unpaired) electrons. The lowest BCUT2D eigenvalue weighted by molar-refractivity contribution is -0.304. The molecule has 0 fully saturated rings. The van der Waals surface area contributed by atoms with Gasteiger partial charge in [0.15, 0.2) is 0 Å². The maximum absolute atomic E-state index is 12.8. The van der Waals surface area contributed by atoms with Crippen LogP contribution in [0.1, 0.15) is 53.4 Å². The third-order valence-corrected chi connectivity index (χ3v) is 5.23. The minimum absolute atomic E-state index is 0.0502. The second kappa shape index (κ2) is 7.67. The minimum Gasteiger partial charge on any atom is -0.417 e. The first-order valence-corrected chi connectivity index (χ1v) is 9.07. The lowest BCUT2D eigenvalue weighted by Gasteiger charge is -2.28. The van der Waals surface area contributed by atoms with Crippen LogP contribution >= 0.6 is 0 Å². The first-order valence-electron chi connectivity index (χ1n) is 9.07. The Kier molecular flexibility index (Phi) is 6.11. The molecular formula is C20H28O7. The second-order valence-electron chi connectivity index (χ2n) is 7.93. The van der Waals surface area contributed by atoms with Crippen molar-refractivity contribution >= 4 is 11.8 Å². The summed E-state index contributed by atoms with van der Waals surface area (Å²) in [6.45, 7) is 6.37. The minimum atomic E-state index is -2.36. The lowest BCUT2D eigenvalue weighted by atomic mass is 9.86. The number of esters is 1. The summed E-state index contributed by atoms with van der Waals surface area (Å²) < 4.78 is 5.02. The zero-order chi connectivity index (χ0) is 20.5. The highest BCUT2D eigenvalue weighted by Crippen LogP contribution is 2.36. The van der Waals surface area contributed by atoms with Crippen LogP contribution in [-0.2, 0) is 19.2 Å². The van der Waals surface area contributed by atoms with Crippen LogP contribution in [0.25, 0.3) is 0 Å². The van der Waals surface area contributed by atoms with Crippen molar-refractivity contribution in [2.75, 3.05) is 0 Å². The van der Waals surface area contributed by atoms with Crippen LogP contribution in [0.2, 0.25) is 0 Å². The number of hydrogen-bond acceptors (Lipinski definition) is 7. The molecule has 0 unspecified atom stereocenters. The fraction of sp³-hybridized carbons (Fsp3) is 0.600. The summed E-state index contributed by atoms with van der Waals surface area (Å²) in [7, 11) is 0. The van der Waals surface area contributed by atoms with Crippen molar-refractivity contribution in [1.29, 1.82) is 0 Å². The summed E-state index contributed by atoms with van der Waals surface area (Å²) in [6.07, 6.45) is 7.72. The van der Waals surface area contributed by atoms with Crippen molar-refractivity contribution in [3.05, 3.63) is 35.5 Å². The maximum atomic E-state index is 12.8. The molecule has 7 heteroatoms. The van der Waals surface area contributed by atoms with E-state index in [0.29, 0.717) is 19.3 Å². The number of rotatable bonds is 1. The quantitative estimate of drug-likeness (QED) is 0.277. The predicted octanol–water partition coefficient (Wildman–Crippen LogP) is 2.44. The number of ether oxygens (including phenoxy) is 1. The van der Waals surface area contributed by atoms with Gasteiger partial charge in [0.1, 0.15) is 5.60 Å². The molecule has 0 saturated heterocycles. The van der Waals surface area contributed by atoms with Crippen LogP contribution in [0.5, 0.6) is 0 Å². The standard InChI is InChI=1S/C20H28O7/c1-13-7-5-10-19(4,27-25)11-6-9-18(3,23)12-8-15-14(2)17(22)26-20(15,24)16(13)21/h6,8,11-13,23-25H,5,7,9-10H2,1-4H3/b11-6+,12-8+/t13-,18-,19+,20-/m0/s1. The highest BCUT2D eigenvalue weighted by Gasteiger charge is 2.51. The van der Waals surface area contributed by atoms with Gasteiger partial charge < -0.3 is 14.9 Å². The third kappa shape index (κ3) is 4.55. The fourth-order valence-corrected chi connectivity index (χ4v) is 3.31. The number of Topliss-reactive ketones (excluding diaryl/α,β-unsaturated/α-hetero) is 1. The average Bonchev–Trinajstić information content (AvgIpc) is 2.81. The molecule has 2 aliphatic rings. The Labute approximate surface area is 158 Å². The van der Waals surface area contributed by atoms with Gasteiger partial charge in [-0.1, -0.05) is 31.2 Å². The Morgan fingerprint density at radius 2 is 1.89 bits per heavy atom. The Morgan fingerprint density at radius 1 is 1.22 bits per heavy atom. The molecule has 2 rings (SSSR count). The first-order chi connectivity index (χ1) is 12.4. The number of hydrogen-bond donors (Lipinski definition) is 3. The smallest absolute Gasteiger partial charge is 0.337 e. The van der Waals surface area contributed by atoms with Crippen molar-refractivity contribution in [1.82, 2.24) is 0 Å². The van der Waals surface area contributed by atoms with Crippen molar-refractivity contribution in [2.24, 2.45) is 5.92 Å². The molecule has 3 N–H and O–H groups in total. The average molecular weight is 380 g/mol. The second-order valence-corrected chi connectivity index (χ2v) is 7.93. The molecule has 1 heterocycles. The van der Waals surface area contributed by atoms with Gasteiger partial charge in [-0.3, -0.25) is 10.1 Å². The van der Waals surface area contributed by atoms with E-state index in [0.717, 1.165) is 0 Å². The van der Waals surface area contributed by atoms with E-state index >= 15 is 0 Å². The lowest BCUT2D eigenvalue weighted by Crippen LogP contribution is -2.44. The van der Waals surface area contributed by atoms with Gasteiger partial charge in [-0.2, -0.15) is 0 Å². The molecule has 1 aliphatic heterocycles. The molecule has 150 valence electrons. The van der Waals surface area contributed by atoms with Crippen LogP contribution in [0.3, 0.4) is 0 Å². The zero-order valence-electron chi connectivity index (χ0n) is 16.2.